The van der Waals surface area contributed by atoms with Gasteiger partial charge in [-0.05, 0) is 67.2 Å². The van der Waals surface area contributed by atoms with Gasteiger partial charge in [-0.3, -0.25) is 14.5 Å². The van der Waals surface area contributed by atoms with Gasteiger partial charge in [0.05, 0.1) is 11.6 Å². The minimum atomic E-state index is -0.656. The lowest BCUT2D eigenvalue weighted by atomic mass is 9.83. The third-order valence-electron chi connectivity index (χ3n) is 7.13. The fourth-order valence-corrected chi connectivity index (χ4v) is 5.52. The Balaban J connectivity index is 1.45. The average molecular weight is 515 g/mol. The summed E-state index contributed by atoms with van der Waals surface area (Å²) in [4.78, 5) is 43.5. The molecule has 1 aliphatic heterocycles. The number of aromatic nitrogens is 2. The lowest BCUT2D eigenvalue weighted by Crippen LogP contribution is -2.55. The molecule has 204 valence electrons. The van der Waals surface area contributed by atoms with Crippen LogP contribution in [0.1, 0.15) is 95.4 Å². The minimum absolute atomic E-state index is 0.109. The van der Waals surface area contributed by atoms with Gasteiger partial charge in [-0.2, -0.15) is 9.78 Å². The zero-order valence-corrected chi connectivity index (χ0v) is 23.2. The summed E-state index contributed by atoms with van der Waals surface area (Å²) in [6, 6.07) is 0.142. The molecule has 2 aliphatic carbocycles. The van der Waals surface area contributed by atoms with E-state index in [-0.39, 0.29) is 23.8 Å². The fourth-order valence-electron chi connectivity index (χ4n) is 5.52. The molecular formula is C28H42N4O5. The number of piperazine rings is 1. The van der Waals surface area contributed by atoms with Crippen molar-refractivity contribution in [3.05, 3.63) is 23.0 Å². The van der Waals surface area contributed by atoms with Gasteiger partial charge in [-0.1, -0.05) is 25.0 Å². The van der Waals surface area contributed by atoms with Crippen molar-refractivity contribution in [2.75, 3.05) is 26.2 Å². The summed E-state index contributed by atoms with van der Waals surface area (Å²) < 4.78 is 12.5. The molecule has 37 heavy (non-hydrogen) atoms. The third-order valence-corrected chi connectivity index (χ3v) is 7.13. The molecule has 4 rings (SSSR count). The van der Waals surface area contributed by atoms with Gasteiger partial charge >= 0.3 is 12.1 Å². The van der Waals surface area contributed by atoms with Crippen LogP contribution in [0.25, 0.3) is 6.08 Å². The van der Waals surface area contributed by atoms with E-state index in [0.717, 1.165) is 37.8 Å². The first-order valence-electron chi connectivity index (χ1n) is 13.6. The molecule has 2 heterocycles. The normalized spacial score (nSPS) is 22.9. The first-order valence-corrected chi connectivity index (χ1v) is 13.6. The molecular weight excluding hydrogens is 472 g/mol. The first-order chi connectivity index (χ1) is 17.3. The second-order valence-electron chi connectivity index (χ2n) is 12.4. The van der Waals surface area contributed by atoms with E-state index in [4.69, 9.17) is 9.47 Å². The highest BCUT2D eigenvalue weighted by molar-refractivity contribution is 5.97. The summed E-state index contributed by atoms with van der Waals surface area (Å²) in [5.74, 6) is -0.407. The molecule has 0 aromatic carbocycles. The Kier molecular flexibility index (Phi) is 7.83. The van der Waals surface area contributed by atoms with Crippen molar-refractivity contribution in [2.24, 2.45) is 5.92 Å². The zero-order chi connectivity index (χ0) is 27.0. The SMILES string of the molecule is CC(C)(C)OC(=O)[C@@H]1CCCC[C@H]1N1CCN(C(=O)c2nn(C(=O)OC(C)(C)C)c3c2C=CCC3)CC1. The van der Waals surface area contributed by atoms with E-state index >= 15 is 0 Å². The number of rotatable bonds is 3. The standard InChI is InChI=1S/C28H42N4O5/c1-27(2,3)36-25(34)20-12-8-9-13-21(20)30-15-17-31(18-16-30)24(33)23-19-11-7-10-14-22(19)32(29-23)26(35)37-28(4,5)6/h7,11,20-21H,8-10,12-18H2,1-6H3/t20-,21-/m1/s1. The summed E-state index contributed by atoms with van der Waals surface area (Å²) in [5, 5.41) is 4.45. The van der Waals surface area contributed by atoms with Crippen LogP contribution >= 0.6 is 0 Å². The maximum absolute atomic E-state index is 13.6. The number of esters is 1. The molecule has 3 aliphatic rings. The molecule has 0 bridgehead atoms. The van der Waals surface area contributed by atoms with Gasteiger partial charge < -0.3 is 14.4 Å². The number of carbonyl (C=O) groups excluding carboxylic acids is 3. The van der Waals surface area contributed by atoms with Crippen molar-refractivity contribution in [1.82, 2.24) is 19.6 Å². The number of nitrogens with zero attached hydrogens (tertiary/aromatic N) is 4. The van der Waals surface area contributed by atoms with Gasteiger partial charge in [-0.15, -0.1) is 0 Å². The Labute approximate surface area is 220 Å². The maximum Gasteiger partial charge on any atom is 0.435 e. The topological polar surface area (TPSA) is 94.0 Å². The molecule has 1 saturated carbocycles. The highest BCUT2D eigenvalue weighted by atomic mass is 16.6. The van der Waals surface area contributed by atoms with Crippen molar-refractivity contribution in [2.45, 2.75) is 97.3 Å². The van der Waals surface area contributed by atoms with Crippen LogP contribution in [0.3, 0.4) is 0 Å². The number of amides is 1. The summed E-state index contributed by atoms with van der Waals surface area (Å²) in [5.41, 5.74) is 0.579. The van der Waals surface area contributed by atoms with Crippen molar-refractivity contribution in [3.8, 4) is 0 Å². The summed E-state index contributed by atoms with van der Waals surface area (Å²) in [6.07, 6.45) is 8.72. The molecule has 9 heteroatoms. The zero-order valence-electron chi connectivity index (χ0n) is 23.2. The highest BCUT2D eigenvalue weighted by Gasteiger charge is 2.39. The third kappa shape index (κ3) is 6.43. The first kappa shape index (κ1) is 27.4. The van der Waals surface area contributed by atoms with Crippen LogP contribution in [0.15, 0.2) is 6.08 Å². The van der Waals surface area contributed by atoms with Gasteiger partial charge in [-0.25, -0.2) is 4.79 Å². The van der Waals surface area contributed by atoms with E-state index in [2.05, 4.69) is 10.00 Å². The molecule has 9 nitrogen and oxygen atoms in total. The van der Waals surface area contributed by atoms with Crippen molar-refractivity contribution in [3.63, 3.8) is 0 Å². The molecule has 2 fully saturated rings. The van der Waals surface area contributed by atoms with Gasteiger partial charge in [0.25, 0.3) is 5.91 Å². The number of ether oxygens (including phenoxy) is 2. The van der Waals surface area contributed by atoms with Crippen LogP contribution in [0, 0.1) is 5.92 Å². The number of allylic oxidation sites excluding steroid dienone is 1. The van der Waals surface area contributed by atoms with Gasteiger partial charge in [0, 0.05) is 37.8 Å². The van der Waals surface area contributed by atoms with Crippen molar-refractivity contribution >= 4 is 24.0 Å². The van der Waals surface area contributed by atoms with E-state index in [9.17, 15) is 14.4 Å². The highest BCUT2D eigenvalue weighted by Crippen LogP contribution is 2.32. The van der Waals surface area contributed by atoms with Crippen LogP contribution in [-0.4, -0.2) is 81.0 Å². The molecule has 1 aromatic rings. The molecule has 0 unspecified atom stereocenters. The quantitative estimate of drug-likeness (QED) is 0.556. The second-order valence-corrected chi connectivity index (χ2v) is 12.4. The van der Waals surface area contributed by atoms with Crippen LogP contribution in [0.2, 0.25) is 0 Å². The Morgan fingerprint density at radius 3 is 2.22 bits per heavy atom. The Hall–Kier alpha value is -2.68. The van der Waals surface area contributed by atoms with Crippen molar-refractivity contribution in [1.29, 1.82) is 0 Å². The predicted octanol–water partition coefficient (Wildman–Crippen LogP) is 4.28. The maximum atomic E-state index is 13.6. The Morgan fingerprint density at radius 1 is 0.919 bits per heavy atom. The van der Waals surface area contributed by atoms with Crippen LogP contribution < -0.4 is 0 Å². The summed E-state index contributed by atoms with van der Waals surface area (Å²) >= 11 is 0. The average Bonchev–Trinajstić information content (AvgIpc) is 3.22. The van der Waals surface area contributed by atoms with Crippen molar-refractivity contribution < 1.29 is 23.9 Å². The van der Waals surface area contributed by atoms with Gasteiger partial charge in [0.15, 0.2) is 5.69 Å². The molecule has 1 aromatic heterocycles. The smallest absolute Gasteiger partial charge is 0.435 e. The largest absolute Gasteiger partial charge is 0.460 e. The Morgan fingerprint density at radius 2 is 1.57 bits per heavy atom. The summed E-state index contributed by atoms with van der Waals surface area (Å²) in [6.45, 7) is 13.6. The van der Waals surface area contributed by atoms with Crippen LogP contribution in [0.4, 0.5) is 4.79 Å². The van der Waals surface area contributed by atoms with Gasteiger partial charge in [0.2, 0.25) is 0 Å². The van der Waals surface area contributed by atoms with Crippen LogP contribution in [0.5, 0.6) is 0 Å². The summed E-state index contributed by atoms with van der Waals surface area (Å²) in [7, 11) is 0. The molecule has 2 atom stereocenters. The van der Waals surface area contributed by atoms with E-state index in [1.165, 1.54) is 4.68 Å². The minimum Gasteiger partial charge on any atom is -0.460 e. The van der Waals surface area contributed by atoms with E-state index < -0.39 is 17.3 Å². The molecule has 1 amide bonds. The second kappa shape index (κ2) is 10.6. The molecule has 0 radical (unpaired) electrons. The number of fused-ring (bicyclic) bond motifs is 1. The fraction of sp³-hybridized carbons (Fsp3) is 0.714. The monoisotopic (exact) mass is 514 g/mol. The number of hydrogen-bond donors (Lipinski definition) is 0. The lowest BCUT2D eigenvalue weighted by Gasteiger charge is -2.43. The van der Waals surface area contributed by atoms with Gasteiger partial charge in [0.1, 0.15) is 11.2 Å². The van der Waals surface area contributed by atoms with E-state index in [1.54, 1.807) is 0 Å². The predicted molar refractivity (Wildman–Crippen MR) is 140 cm³/mol. The number of carbonyl (C=O) groups is 3. The van der Waals surface area contributed by atoms with Crippen LogP contribution in [-0.2, 0) is 20.7 Å². The molecule has 1 saturated heterocycles. The Bertz CT molecular complexity index is 1050. The van der Waals surface area contributed by atoms with E-state index in [1.807, 2.05) is 58.6 Å². The molecule has 0 spiro atoms. The molecule has 0 N–H and O–H groups in total. The lowest BCUT2D eigenvalue weighted by molar-refractivity contribution is -0.164. The van der Waals surface area contributed by atoms with E-state index in [0.29, 0.717) is 43.9 Å². The number of hydrogen-bond acceptors (Lipinski definition) is 7.